The van der Waals surface area contributed by atoms with E-state index in [1.807, 2.05) is 0 Å². The normalized spacial score (nSPS) is 11.3. The van der Waals surface area contributed by atoms with Gasteiger partial charge in [0.15, 0.2) is 0 Å². The molecule has 0 atom stereocenters. The molecule has 1 N–H and O–H groups in total. The van der Waals surface area contributed by atoms with Crippen molar-refractivity contribution in [2.24, 2.45) is 0 Å². The Morgan fingerprint density at radius 1 is 1.12 bits per heavy atom. The van der Waals surface area contributed by atoms with Crippen LogP contribution in [0, 0.1) is 0 Å². The van der Waals surface area contributed by atoms with E-state index in [4.69, 9.17) is 28.3 Å². The average molecular weight is 467 g/mol. The summed E-state index contributed by atoms with van der Waals surface area (Å²) in [6.45, 7) is 0.0192. The zero-order valence-corrected chi connectivity index (χ0v) is 16.7. The molecule has 0 saturated carbocycles. The summed E-state index contributed by atoms with van der Waals surface area (Å²) in [5, 5.41) is 9.20. The number of carbonyl (C=O) groups is 1. The van der Waals surface area contributed by atoms with E-state index >= 15 is 0 Å². The maximum Gasteiger partial charge on any atom is 0.303 e. The van der Waals surface area contributed by atoms with Crippen LogP contribution in [0.2, 0.25) is 10.0 Å². The molecule has 0 bridgehead atoms. The number of rotatable bonds is 7. The molecule has 25 heavy (non-hydrogen) atoms. The number of carboxylic acid groups (broad SMARTS) is 1. The molecular formula is C16H14BrCl2NO4S. The van der Waals surface area contributed by atoms with Crippen LogP contribution >= 0.6 is 39.1 Å². The molecular weight excluding hydrogens is 453 g/mol. The molecule has 0 radical (unpaired) electrons. The van der Waals surface area contributed by atoms with Crippen molar-refractivity contribution in [3.05, 3.63) is 57.0 Å². The molecule has 2 rings (SSSR count). The quantitative estimate of drug-likeness (QED) is 0.634. The highest BCUT2D eigenvalue weighted by Crippen LogP contribution is 2.30. The van der Waals surface area contributed by atoms with E-state index in [1.165, 1.54) is 22.5 Å². The SMILES string of the molecule is O=C(O)CCCN(c1cccc(Br)c1)S(=O)(=O)c1ccc(Cl)c(Cl)c1. The van der Waals surface area contributed by atoms with Crippen molar-refractivity contribution in [3.63, 3.8) is 0 Å². The minimum atomic E-state index is -3.93. The van der Waals surface area contributed by atoms with Gasteiger partial charge in [0.05, 0.1) is 20.6 Å². The summed E-state index contributed by atoms with van der Waals surface area (Å²) in [6, 6.07) is 10.8. The third-order valence-electron chi connectivity index (χ3n) is 3.33. The van der Waals surface area contributed by atoms with E-state index in [2.05, 4.69) is 15.9 Å². The lowest BCUT2D eigenvalue weighted by Crippen LogP contribution is -2.32. The largest absolute Gasteiger partial charge is 0.481 e. The van der Waals surface area contributed by atoms with Gasteiger partial charge in [-0.2, -0.15) is 0 Å². The summed E-state index contributed by atoms with van der Waals surface area (Å²) >= 11 is 15.1. The maximum absolute atomic E-state index is 13.0. The van der Waals surface area contributed by atoms with Crippen molar-refractivity contribution in [2.45, 2.75) is 17.7 Å². The first-order valence-electron chi connectivity index (χ1n) is 7.17. The molecule has 2 aromatic carbocycles. The van der Waals surface area contributed by atoms with Gasteiger partial charge in [-0.3, -0.25) is 9.10 Å². The highest BCUT2D eigenvalue weighted by molar-refractivity contribution is 9.10. The van der Waals surface area contributed by atoms with Crippen LogP contribution in [-0.4, -0.2) is 26.0 Å². The van der Waals surface area contributed by atoms with Crippen LogP contribution in [0.1, 0.15) is 12.8 Å². The van der Waals surface area contributed by atoms with Gasteiger partial charge >= 0.3 is 5.97 Å². The van der Waals surface area contributed by atoms with Crippen LogP contribution < -0.4 is 4.31 Å². The molecule has 9 heteroatoms. The Kier molecular flexibility index (Phi) is 6.73. The lowest BCUT2D eigenvalue weighted by atomic mass is 10.3. The lowest BCUT2D eigenvalue weighted by molar-refractivity contribution is -0.137. The monoisotopic (exact) mass is 465 g/mol. The van der Waals surface area contributed by atoms with Gasteiger partial charge in [-0.15, -0.1) is 0 Å². The highest BCUT2D eigenvalue weighted by atomic mass is 79.9. The van der Waals surface area contributed by atoms with Crippen LogP contribution in [0.3, 0.4) is 0 Å². The predicted molar refractivity (Wildman–Crippen MR) is 102 cm³/mol. The summed E-state index contributed by atoms with van der Waals surface area (Å²) < 4.78 is 28.0. The van der Waals surface area contributed by atoms with Gasteiger partial charge in [-0.1, -0.05) is 45.2 Å². The Hall–Kier alpha value is -1.28. The number of benzene rings is 2. The number of sulfonamides is 1. The van der Waals surface area contributed by atoms with Crippen molar-refractivity contribution in [2.75, 3.05) is 10.8 Å². The van der Waals surface area contributed by atoms with Crippen LogP contribution in [0.25, 0.3) is 0 Å². The Morgan fingerprint density at radius 3 is 2.44 bits per heavy atom. The number of halogens is 3. The van der Waals surface area contributed by atoms with Gasteiger partial charge in [0.25, 0.3) is 10.0 Å². The minimum Gasteiger partial charge on any atom is -0.481 e. The molecule has 0 amide bonds. The Morgan fingerprint density at radius 2 is 1.84 bits per heavy atom. The molecule has 0 saturated heterocycles. The molecule has 0 aliphatic heterocycles. The molecule has 5 nitrogen and oxygen atoms in total. The summed E-state index contributed by atoms with van der Waals surface area (Å²) in [5.41, 5.74) is 0.422. The Bertz CT molecular complexity index is 889. The first kappa shape index (κ1) is 20.0. The predicted octanol–water partition coefficient (Wildman–Crippen LogP) is 4.82. The maximum atomic E-state index is 13.0. The van der Waals surface area contributed by atoms with Crippen LogP contribution in [-0.2, 0) is 14.8 Å². The number of hydrogen-bond acceptors (Lipinski definition) is 3. The van der Waals surface area contributed by atoms with E-state index in [-0.39, 0.29) is 34.3 Å². The summed E-state index contributed by atoms with van der Waals surface area (Å²) in [6.07, 6.45) is 0.0315. The van der Waals surface area contributed by atoms with E-state index in [0.717, 1.165) is 0 Å². The number of nitrogens with zero attached hydrogens (tertiary/aromatic N) is 1. The molecule has 0 aliphatic rings. The second kappa shape index (κ2) is 8.40. The number of aliphatic carboxylic acids is 1. The van der Waals surface area contributed by atoms with E-state index in [9.17, 15) is 13.2 Å². The second-order valence-corrected chi connectivity index (χ2v) is 8.72. The highest BCUT2D eigenvalue weighted by Gasteiger charge is 2.25. The average Bonchev–Trinajstić information content (AvgIpc) is 2.53. The summed E-state index contributed by atoms with van der Waals surface area (Å²) in [7, 11) is -3.93. The summed E-state index contributed by atoms with van der Waals surface area (Å²) in [4.78, 5) is 10.7. The van der Waals surface area contributed by atoms with Crippen molar-refractivity contribution in [1.82, 2.24) is 0 Å². The number of hydrogen-bond donors (Lipinski definition) is 1. The molecule has 134 valence electrons. The molecule has 0 unspecified atom stereocenters. The Labute approximate surface area is 164 Å². The van der Waals surface area contributed by atoms with Gasteiger partial charge in [-0.25, -0.2) is 8.42 Å². The molecule has 0 heterocycles. The smallest absolute Gasteiger partial charge is 0.303 e. The first-order chi connectivity index (χ1) is 11.7. The van der Waals surface area contributed by atoms with E-state index < -0.39 is 16.0 Å². The number of carboxylic acids is 1. The molecule has 0 spiro atoms. The van der Waals surface area contributed by atoms with Gasteiger partial charge in [0.1, 0.15) is 0 Å². The van der Waals surface area contributed by atoms with Gasteiger partial charge < -0.3 is 5.11 Å². The van der Waals surface area contributed by atoms with Gasteiger partial charge in [0.2, 0.25) is 0 Å². The van der Waals surface area contributed by atoms with Gasteiger partial charge in [0, 0.05) is 17.4 Å². The van der Waals surface area contributed by atoms with Gasteiger partial charge in [-0.05, 0) is 42.8 Å². The number of anilines is 1. The van der Waals surface area contributed by atoms with Crippen molar-refractivity contribution >= 4 is 60.8 Å². The standard InChI is InChI=1S/C16H14BrCl2NO4S/c17-11-3-1-4-12(9-11)20(8-2-5-16(21)22)25(23,24)13-6-7-14(18)15(19)10-13/h1,3-4,6-7,9-10H,2,5,8H2,(H,21,22). The lowest BCUT2D eigenvalue weighted by Gasteiger charge is -2.24. The fraction of sp³-hybridized carbons (Fsp3) is 0.188. The van der Waals surface area contributed by atoms with Crippen molar-refractivity contribution < 1.29 is 18.3 Å². The zero-order valence-electron chi connectivity index (χ0n) is 12.8. The molecule has 0 aromatic heterocycles. The third kappa shape index (κ3) is 5.10. The third-order valence-corrected chi connectivity index (χ3v) is 6.38. The second-order valence-electron chi connectivity index (χ2n) is 5.13. The molecule has 0 fully saturated rings. The fourth-order valence-corrected chi connectivity index (χ4v) is 4.43. The topological polar surface area (TPSA) is 74.7 Å². The van der Waals surface area contributed by atoms with Crippen LogP contribution in [0.15, 0.2) is 51.8 Å². The van der Waals surface area contributed by atoms with Crippen molar-refractivity contribution in [1.29, 1.82) is 0 Å². The molecule has 0 aliphatic carbocycles. The summed E-state index contributed by atoms with van der Waals surface area (Å²) in [5.74, 6) is -0.985. The van der Waals surface area contributed by atoms with Crippen LogP contribution in [0.4, 0.5) is 5.69 Å². The van der Waals surface area contributed by atoms with Crippen LogP contribution in [0.5, 0.6) is 0 Å². The Balaban J connectivity index is 2.45. The van der Waals surface area contributed by atoms with Crippen molar-refractivity contribution in [3.8, 4) is 0 Å². The molecule has 2 aromatic rings. The first-order valence-corrected chi connectivity index (χ1v) is 10.2. The fourth-order valence-electron chi connectivity index (χ4n) is 2.16. The van der Waals surface area contributed by atoms with E-state index in [1.54, 1.807) is 24.3 Å². The zero-order chi connectivity index (χ0) is 18.6. The van der Waals surface area contributed by atoms with E-state index in [0.29, 0.717) is 10.2 Å². The minimum absolute atomic E-state index is 0.0165.